The van der Waals surface area contributed by atoms with Crippen molar-refractivity contribution in [2.75, 3.05) is 13.2 Å². The Hall–Kier alpha value is -0.970. The fraction of sp³-hybridized carbons (Fsp3) is 0.400. The summed E-state index contributed by atoms with van der Waals surface area (Å²) in [7, 11) is 0. The highest BCUT2D eigenvalue weighted by Gasteiger charge is 2.14. The number of rotatable bonds is 4. The van der Waals surface area contributed by atoms with Crippen LogP contribution in [0.1, 0.15) is 18.4 Å². The number of fused-ring (bicyclic) bond motifs is 1. The molecule has 1 aliphatic rings. The lowest BCUT2D eigenvalue weighted by atomic mass is 10.1. The Labute approximate surface area is 121 Å². The first kappa shape index (κ1) is 13.0. The van der Waals surface area contributed by atoms with E-state index in [2.05, 4.69) is 44.4 Å². The van der Waals surface area contributed by atoms with Crippen molar-refractivity contribution in [3.63, 3.8) is 0 Å². The number of benzene rings is 1. The number of pyridine rings is 1. The Balaban J connectivity index is 1.72. The van der Waals surface area contributed by atoms with E-state index in [9.17, 15) is 0 Å². The van der Waals surface area contributed by atoms with Crippen molar-refractivity contribution in [1.82, 2.24) is 10.3 Å². The molecule has 4 heteroatoms. The van der Waals surface area contributed by atoms with Crippen molar-refractivity contribution in [2.45, 2.75) is 25.5 Å². The van der Waals surface area contributed by atoms with Gasteiger partial charge in [0.15, 0.2) is 0 Å². The second-order valence-corrected chi connectivity index (χ2v) is 5.73. The number of nitrogens with zero attached hydrogens (tertiary/aromatic N) is 1. The Kier molecular flexibility index (Phi) is 4.11. The maximum absolute atomic E-state index is 5.61. The van der Waals surface area contributed by atoms with Crippen molar-refractivity contribution in [1.29, 1.82) is 0 Å². The van der Waals surface area contributed by atoms with Gasteiger partial charge < -0.3 is 10.1 Å². The third-order valence-corrected chi connectivity index (χ3v) is 4.20. The summed E-state index contributed by atoms with van der Waals surface area (Å²) in [6, 6.07) is 8.28. The summed E-state index contributed by atoms with van der Waals surface area (Å²) in [5.41, 5.74) is 2.30. The summed E-state index contributed by atoms with van der Waals surface area (Å²) >= 11 is 3.57. The molecule has 0 amide bonds. The van der Waals surface area contributed by atoms with Gasteiger partial charge in [0.05, 0.1) is 11.6 Å². The van der Waals surface area contributed by atoms with Crippen LogP contribution in [0, 0.1) is 0 Å². The van der Waals surface area contributed by atoms with Crippen molar-refractivity contribution in [3.8, 4) is 0 Å². The first-order valence-corrected chi connectivity index (χ1v) is 7.48. The minimum Gasteiger partial charge on any atom is -0.377 e. The highest BCUT2D eigenvalue weighted by atomic mass is 79.9. The maximum atomic E-state index is 5.61. The quantitative estimate of drug-likeness (QED) is 0.938. The summed E-state index contributed by atoms with van der Waals surface area (Å²) in [6.07, 6.45) is 4.59. The van der Waals surface area contributed by atoms with E-state index in [1.165, 1.54) is 23.8 Å². The normalized spacial score (nSPS) is 19.1. The molecule has 1 fully saturated rings. The predicted octanol–water partition coefficient (Wildman–Crippen LogP) is 3.27. The van der Waals surface area contributed by atoms with Crippen molar-refractivity contribution >= 4 is 26.8 Å². The van der Waals surface area contributed by atoms with Gasteiger partial charge in [0.1, 0.15) is 0 Å². The fourth-order valence-electron chi connectivity index (χ4n) is 2.51. The molecule has 0 aliphatic carbocycles. The molecule has 3 rings (SSSR count). The van der Waals surface area contributed by atoms with E-state index >= 15 is 0 Å². The lowest BCUT2D eigenvalue weighted by Crippen LogP contribution is -2.25. The molecule has 0 saturated carbocycles. The topological polar surface area (TPSA) is 34.1 Å². The van der Waals surface area contributed by atoms with Crippen molar-refractivity contribution < 1.29 is 4.74 Å². The van der Waals surface area contributed by atoms with Gasteiger partial charge in [-0.1, -0.05) is 28.1 Å². The standard InChI is InChI=1S/C15H17BrN2O/c16-14-6-5-11(15-13(14)4-1-7-18-15)9-17-10-12-3-2-8-19-12/h1,4-7,12,17H,2-3,8-10H2. The van der Waals surface area contributed by atoms with Crippen LogP contribution < -0.4 is 5.32 Å². The molecule has 1 unspecified atom stereocenters. The van der Waals surface area contributed by atoms with Crippen LogP contribution in [0.4, 0.5) is 0 Å². The number of aromatic nitrogens is 1. The number of hydrogen-bond acceptors (Lipinski definition) is 3. The fourth-order valence-corrected chi connectivity index (χ4v) is 2.96. The summed E-state index contributed by atoms with van der Waals surface area (Å²) in [4.78, 5) is 4.49. The number of halogens is 1. The van der Waals surface area contributed by atoms with Gasteiger partial charge in [0, 0.05) is 35.8 Å². The van der Waals surface area contributed by atoms with Gasteiger partial charge in [-0.25, -0.2) is 0 Å². The zero-order valence-electron chi connectivity index (χ0n) is 10.7. The Morgan fingerprint density at radius 1 is 1.37 bits per heavy atom. The van der Waals surface area contributed by atoms with E-state index in [4.69, 9.17) is 4.74 Å². The molecule has 0 spiro atoms. The third-order valence-electron chi connectivity index (χ3n) is 3.51. The van der Waals surface area contributed by atoms with Crippen molar-refractivity contribution in [3.05, 3.63) is 40.5 Å². The second kappa shape index (κ2) is 5.99. The molecule has 2 heterocycles. The monoisotopic (exact) mass is 320 g/mol. The average molecular weight is 321 g/mol. The zero-order chi connectivity index (χ0) is 13.1. The molecule has 3 nitrogen and oxygen atoms in total. The largest absolute Gasteiger partial charge is 0.377 e. The second-order valence-electron chi connectivity index (χ2n) is 4.87. The molecule has 1 atom stereocenters. The maximum Gasteiger partial charge on any atom is 0.0758 e. The molecule has 1 aromatic heterocycles. The van der Waals surface area contributed by atoms with E-state index in [0.717, 1.165) is 29.7 Å². The molecular formula is C15H17BrN2O. The lowest BCUT2D eigenvalue weighted by Gasteiger charge is -2.12. The summed E-state index contributed by atoms with van der Waals surface area (Å²) in [5.74, 6) is 0. The molecular weight excluding hydrogens is 304 g/mol. The molecule has 19 heavy (non-hydrogen) atoms. The van der Waals surface area contributed by atoms with E-state index < -0.39 is 0 Å². The van der Waals surface area contributed by atoms with E-state index in [0.29, 0.717) is 6.10 Å². The van der Waals surface area contributed by atoms with Gasteiger partial charge in [-0.15, -0.1) is 0 Å². The molecule has 1 aliphatic heterocycles. The highest BCUT2D eigenvalue weighted by Crippen LogP contribution is 2.25. The van der Waals surface area contributed by atoms with Gasteiger partial charge in [0.25, 0.3) is 0 Å². The zero-order valence-corrected chi connectivity index (χ0v) is 12.3. The Morgan fingerprint density at radius 2 is 2.32 bits per heavy atom. The Bertz CT molecular complexity index is 567. The van der Waals surface area contributed by atoms with Gasteiger partial charge >= 0.3 is 0 Å². The summed E-state index contributed by atoms with van der Waals surface area (Å²) < 4.78 is 6.71. The van der Waals surface area contributed by atoms with Crippen LogP contribution in [0.3, 0.4) is 0 Å². The SMILES string of the molecule is Brc1ccc(CNCC2CCCO2)c2ncccc12. The minimum absolute atomic E-state index is 0.384. The molecule has 1 saturated heterocycles. The van der Waals surface area contributed by atoms with Crippen LogP contribution in [0.2, 0.25) is 0 Å². The Morgan fingerprint density at radius 3 is 3.16 bits per heavy atom. The third kappa shape index (κ3) is 2.96. The van der Waals surface area contributed by atoms with E-state index in [1.807, 2.05) is 12.3 Å². The van der Waals surface area contributed by atoms with Gasteiger partial charge in [-0.05, 0) is 30.5 Å². The highest BCUT2D eigenvalue weighted by molar-refractivity contribution is 9.10. The van der Waals surface area contributed by atoms with Crippen LogP contribution in [0.15, 0.2) is 34.9 Å². The van der Waals surface area contributed by atoms with Crippen LogP contribution in [0.25, 0.3) is 10.9 Å². The van der Waals surface area contributed by atoms with E-state index in [1.54, 1.807) is 0 Å². The molecule has 2 aromatic rings. The minimum atomic E-state index is 0.384. The summed E-state index contributed by atoms with van der Waals surface area (Å²) in [5, 5.41) is 4.64. The molecule has 100 valence electrons. The molecule has 0 bridgehead atoms. The van der Waals surface area contributed by atoms with Gasteiger partial charge in [-0.2, -0.15) is 0 Å². The van der Waals surface area contributed by atoms with Gasteiger partial charge in [-0.3, -0.25) is 4.98 Å². The van der Waals surface area contributed by atoms with Crippen LogP contribution in [0.5, 0.6) is 0 Å². The smallest absolute Gasteiger partial charge is 0.0758 e. The lowest BCUT2D eigenvalue weighted by molar-refractivity contribution is 0.110. The van der Waals surface area contributed by atoms with Crippen LogP contribution in [-0.4, -0.2) is 24.2 Å². The van der Waals surface area contributed by atoms with Gasteiger partial charge in [0.2, 0.25) is 0 Å². The predicted molar refractivity (Wildman–Crippen MR) is 80.1 cm³/mol. The average Bonchev–Trinajstić information content (AvgIpc) is 2.95. The molecule has 0 radical (unpaired) electrons. The van der Waals surface area contributed by atoms with Crippen LogP contribution in [-0.2, 0) is 11.3 Å². The number of hydrogen-bond donors (Lipinski definition) is 1. The van der Waals surface area contributed by atoms with Crippen molar-refractivity contribution in [2.24, 2.45) is 0 Å². The first-order valence-electron chi connectivity index (χ1n) is 6.69. The first-order chi connectivity index (χ1) is 9.34. The number of ether oxygens (including phenoxy) is 1. The number of nitrogens with one attached hydrogen (secondary N) is 1. The molecule has 1 aromatic carbocycles. The van der Waals surface area contributed by atoms with E-state index in [-0.39, 0.29) is 0 Å². The van der Waals surface area contributed by atoms with Crippen LogP contribution >= 0.6 is 15.9 Å². The molecule has 1 N–H and O–H groups in total. The summed E-state index contributed by atoms with van der Waals surface area (Å²) in [6.45, 7) is 2.67.